The number of carbonyl (C=O) groups is 1. The Morgan fingerprint density at radius 1 is 0.697 bits per heavy atom. The molecule has 0 aromatic carbocycles. The molecule has 0 bridgehead atoms. The Labute approximate surface area is 201 Å². The highest BCUT2D eigenvalue weighted by Crippen LogP contribution is 2.23. The van der Waals surface area contributed by atoms with E-state index in [1.807, 2.05) is 6.92 Å². The summed E-state index contributed by atoms with van der Waals surface area (Å²) in [5, 5.41) is 30.2. The van der Waals surface area contributed by atoms with E-state index < -0.39 is 30.7 Å². The molecule has 0 radical (unpaired) electrons. The highest BCUT2D eigenvalue weighted by Gasteiger charge is 2.44. The zero-order chi connectivity index (χ0) is 24.3. The molecule has 33 heavy (non-hydrogen) atoms. The molecule has 1 saturated heterocycles. The molecule has 1 aliphatic rings. The summed E-state index contributed by atoms with van der Waals surface area (Å²) in [4.78, 5) is 12.0. The molecule has 3 N–H and O–H groups in total. The van der Waals surface area contributed by atoms with E-state index in [-0.39, 0.29) is 12.6 Å². The van der Waals surface area contributed by atoms with Crippen LogP contribution in [0, 0.1) is 0 Å². The van der Waals surface area contributed by atoms with Gasteiger partial charge in [-0.1, -0.05) is 97.3 Å². The molecule has 0 aromatic heterocycles. The maximum Gasteiger partial charge on any atom is 0.305 e. The summed E-state index contributed by atoms with van der Waals surface area (Å²) < 4.78 is 16.2. The molecular weight excluding hydrogens is 424 g/mol. The molecule has 0 unspecified atom stereocenters. The maximum absolute atomic E-state index is 12.0. The summed E-state index contributed by atoms with van der Waals surface area (Å²) in [6.45, 7) is 4.47. The first-order valence-corrected chi connectivity index (χ1v) is 13.5. The van der Waals surface area contributed by atoms with Crippen molar-refractivity contribution in [1.29, 1.82) is 0 Å². The number of unbranched alkanes of at least 4 members (excludes halogenated alkanes) is 13. The van der Waals surface area contributed by atoms with E-state index in [4.69, 9.17) is 14.2 Å². The van der Waals surface area contributed by atoms with Gasteiger partial charge in [0, 0.05) is 13.0 Å². The second-order valence-electron chi connectivity index (χ2n) is 9.41. The Morgan fingerprint density at radius 3 is 1.76 bits per heavy atom. The van der Waals surface area contributed by atoms with Crippen molar-refractivity contribution >= 4 is 5.97 Å². The first kappa shape index (κ1) is 30.3. The molecule has 5 atom stereocenters. The van der Waals surface area contributed by atoms with E-state index in [9.17, 15) is 20.1 Å². The molecule has 7 heteroatoms. The van der Waals surface area contributed by atoms with Gasteiger partial charge in [-0.05, 0) is 12.8 Å². The lowest BCUT2D eigenvalue weighted by Crippen LogP contribution is -2.59. The molecule has 7 nitrogen and oxygen atoms in total. The molecule has 1 heterocycles. The monoisotopic (exact) mass is 474 g/mol. The van der Waals surface area contributed by atoms with Crippen LogP contribution in [0.2, 0.25) is 0 Å². The molecule has 1 rings (SSSR count). The third kappa shape index (κ3) is 13.7. The average molecular weight is 475 g/mol. The molecule has 0 aromatic rings. The summed E-state index contributed by atoms with van der Waals surface area (Å²) in [7, 11) is 0. The smallest absolute Gasteiger partial charge is 0.305 e. The maximum atomic E-state index is 12.0. The third-order valence-electron chi connectivity index (χ3n) is 6.34. The first-order valence-electron chi connectivity index (χ1n) is 13.5. The summed E-state index contributed by atoms with van der Waals surface area (Å²) >= 11 is 0. The number of hydrogen-bond acceptors (Lipinski definition) is 7. The summed E-state index contributed by atoms with van der Waals surface area (Å²) in [6.07, 6.45) is 12.2. The quantitative estimate of drug-likeness (QED) is 0.174. The van der Waals surface area contributed by atoms with Gasteiger partial charge in [0.25, 0.3) is 0 Å². The average Bonchev–Trinajstić information content (AvgIpc) is 2.81. The van der Waals surface area contributed by atoms with Gasteiger partial charge in [0.05, 0.1) is 0 Å². The van der Waals surface area contributed by atoms with Crippen molar-refractivity contribution in [2.45, 2.75) is 147 Å². The second kappa shape index (κ2) is 19.6. The lowest BCUT2D eigenvalue weighted by Gasteiger charge is -2.39. The first-order chi connectivity index (χ1) is 16.0. The molecule has 0 aliphatic carbocycles. The van der Waals surface area contributed by atoms with Gasteiger partial charge in [0.2, 0.25) is 0 Å². The normalized spacial score (nSPS) is 25.3. The highest BCUT2D eigenvalue weighted by atomic mass is 16.7. The van der Waals surface area contributed by atoms with Gasteiger partial charge < -0.3 is 29.5 Å². The SMILES string of the molecule is CCCCCCCCCCCCCCCC(=O)OC[C@H]1O[C@H](OCCCC)[C@H](O)[C@@H](O)[C@@H]1O. The van der Waals surface area contributed by atoms with Crippen LogP contribution in [0.3, 0.4) is 0 Å². The Bertz CT molecular complexity index is 474. The minimum atomic E-state index is -1.41. The number of ether oxygens (including phenoxy) is 3. The van der Waals surface area contributed by atoms with Gasteiger partial charge in [-0.3, -0.25) is 4.79 Å². The van der Waals surface area contributed by atoms with E-state index in [0.717, 1.165) is 32.1 Å². The molecular formula is C26H50O7. The third-order valence-corrected chi connectivity index (χ3v) is 6.34. The van der Waals surface area contributed by atoms with Gasteiger partial charge in [0.1, 0.15) is 31.0 Å². The number of hydrogen-bond donors (Lipinski definition) is 3. The molecule has 0 saturated carbocycles. The largest absolute Gasteiger partial charge is 0.463 e. The van der Waals surface area contributed by atoms with Crippen molar-refractivity contribution in [3.8, 4) is 0 Å². The molecule has 0 amide bonds. The van der Waals surface area contributed by atoms with Gasteiger partial charge in [-0.15, -0.1) is 0 Å². The van der Waals surface area contributed by atoms with Gasteiger partial charge in [0.15, 0.2) is 6.29 Å². The lowest BCUT2D eigenvalue weighted by atomic mass is 9.99. The molecule has 196 valence electrons. The Hall–Kier alpha value is -0.730. The number of esters is 1. The number of carbonyl (C=O) groups excluding carboxylic acids is 1. The predicted molar refractivity (Wildman–Crippen MR) is 129 cm³/mol. The fourth-order valence-corrected chi connectivity index (χ4v) is 4.07. The van der Waals surface area contributed by atoms with E-state index in [0.29, 0.717) is 13.0 Å². The lowest BCUT2D eigenvalue weighted by molar-refractivity contribution is -0.301. The van der Waals surface area contributed by atoms with Crippen LogP contribution < -0.4 is 0 Å². The molecule has 0 spiro atoms. The van der Waals surface area contributed by atoms with Crippen molar-refractivity contribution in [2.75, 3.05) is 13.2 Å². The number of aliphatic hydroxyl groups is 3. The van der Waals surface area contributed by atoms with Crippen LogP contribution >= 0.6 is 0 Å². The molecule has 1 aliphatic heterocycles. The van der Waals surface area contributed by atoms with Crippen molar-refractivity contribution in [3.05, 3.63) is 0 Å². The Kier molecular flexibility index (Phi) is 18.0. The minimum absolute atomic E-state index is 0.171. The fourth-order valence-electron chi connectivity index (χ4n) is 4.07. The molecule has 1 fully saturated rings. The van der Waals surface area contributed by atoms with Crippen LogP contribution in [0.5, 0.6) is 0 Å². The van der Waals surface area contributed by atoms with Crippen LogP contribution in [0.25, 0.3) is 0 Å². The van der Waals surface area contributed by atoms with Crippen molar-refractivity contribution in [1.82, 2.24) is 0 Å². The second-order valence-corrected chi connectivity index (χ2v) is 9.41. The van der Waals surface area contributed by atoms with Crippen LogP contribution in [-0.4, -0.2) is 65.2 Å². The van der Waals surface area contributed by atoms with Gasteiger partial charge in [-0.25, -0.2) is 0 Å². The van der Waals surface area contributed by atoms with Crippen LogP contribution in [0.4, 0.5) is 0 Å². The Morgan fingerprint density at radius 2 is 1.21 bits per heavy atom. The zero-order valence-electron chi connectivity index (χ0n) is 21.1. The van der Waals surface area contributed by atoms with Crippen LogP contribution in [-0.2, 0) is 19.0 Å². The topological polar surface area (TPSA) is 105 Å². The summed E-state index contributed by atoms with van der Waals surface area (Å²) in [5.41, 5.74) is 0. The van der Waals surface area contributed by atoms with E-state index in [1.54, 1.807) is 0 Å². The van der Waals surface area contributed by atoms with E-state index >= 15 is 0 Å². The highest BCUT2D eigenvalue weighted by molar-refractivity contribution is 5.69. The predicted octanol–water partition coefficient (Wildman–Crippen LogP) is 4.64. The fraction of sp³-hybridized carbons (Fsp3) is 0.962. The van der Waals surface area contributed by atoms with Gasteiger partial charge in [-0.2, -0.15) is 0 Å². The van der Waals surface area contributed by atoms with Crippen molar-refractivity contribution in [2.24, 2.45) is 0 Å². The summed E-state index contributed by atoms with van der Waals surface area (Å²) in [5.74, 6) is -0.335. The summed E-state index contributed by atoms with van der Waals surface area (Å²) in [6, 6.07) is 0. The van der Waals surface area contributed by atoms with Crippen molar-refractivity contribution in [3.63, 3.8) is 0 Å². The van der Waals surface area contributed by atoms with Gasteiger partial charge >= 0.3 is 5.97 Å². The van der Waals surface area contributed by atoms with Crippen LogP contribution in [0.15, 0.2) is 0 Å². The minimum Gasteiger partial charge on any atom is -0.463 e. The number of aliphatic hydroxyl groups excluding tert-OH is 3. The van der Waals surface area contributed by atoms with E-state index in [1.165, 1.54) is 64.2 Å². The van der Waals surface area contributed by atoms with Crippen LogP contribution in [0.1, 0.15) is 117 Å². The zero-order valence-corrected chi connectivity index (χ0v) is 21.1. The number of rotatable bonds is 20. The van der Waals surface area contributed by atoms with E-state index in [2.05, 4.69) is 6.92 Å². The Balaban J connectivity index is 2.06. The standard InChI is InChI=1S/C26H50O7/c1-3-5-7-8-9-10-11-12-13-14-15-16-17-18-22(27)32-20-21-23(28)24(29)25(30)26(33-21)31-19-6-4-2/h21,23-26,28-30H,3-20H2,1-2H3/t21-,23-,24+,25-,26+/m1/s1. The van der Waals surface area contributed by atoms with Crippen molar-refractivity contribution < 1.29 is 34.3 Å².